The summed E-state index contributed by atoms with van der Waals surface area (Å²) in [5, 5.41) is 3.36. The van der Waals surface area contributed by atoms with Crippen molar-refractivity contribution in [3.8, 4) is 0 Å². The number of rotatable bonds is 5. The van der Waals surface area contributed by atoms with Gasteiger partial charge in [0.2, 0.25) is 0 Å². The molecule has 0 spiro atoms. The number of carbonyl (C=O) groups is 1. The van der Waals surface area contributed by atoms with Crippen molar-refractivity contribution < 1.29 is 4.79 Å². The Hall–Kier alpha value is -2.37. The standard InChI is InChI=1S/C25H25Cl2N3O/c1-29-14-16-30(17-15-29)28-25(31)23-5-3-2-4-22(23)24(18-6-10-20(26)11-7-18)19-8-12-21(27)13-9-19/h2-13,24H,14-17H2,1H3,(H,28,31). The summed E-state index contributed by atoms with van der Waals surface area (Å²) in [6, 6.07) is 23.4. The Bertz CT molecular complexity index is 984. The van der Waals surface area contributed by atoms with Crippen molar-refractivity contribution in [2.45, 2.75) is 5.92 Å². The van der Waals surface area contributed by atoms with Gasteiger partial charge in [-0.2, -0.15) is 0 Å². The second kappa shape index (κ2) is 9.84. The molecule has 0 aliphatic carbocycles. The van der Waals surface area contributed by atoms with Crippen molar-refractivity contribution in [3.63, 3.8) is 0 Å². The molecule has 0 aromatic heterocycles. The minimum atomic E-state index is -0.121. The number of likely N-dealkylation sites (N-methyl/N-ethyl adjacent to an activating group) is 1. The molecule has 1 N–H and O–H groups in total. The monoisotopic (exact) mass is 453 g/mol. The predicted octanol–water partition coefficient (Wildman–Crippen LogP) is 5.07. The molecule has 0 saturated carbocycles. The third-order valence-electron chi connectivity index (χ3n) is 5.69. The molecule has 1 aliphatic heterocycles. The molecule has 1 heterocycles. The lowest BCUT2D eigenvalue weighted by molar-refractivity contribution is 0.0661. The number of piperazine rings is 1. The molecule has 3 aromatic rings. The molecule has 4 nitrogen and oxygen atoms in total. The summed E-state index contributed by atoms with van der Waals surface area (Å²) >= 11 is 12.3. The van der Waals surface area contributed by atoms with Gasteiger partial charge in [0.1, 0.15) is 0 Å². The van der Waals surface area contributed by atoms with Crippen LogP contribution in [0.3, 0.4) is 0 Å². The number of nitrogens with one attached hydrogen (secondary N) is 1. The van der Waals surface area contributed by atoms with Crippen molar-refractivity contribution in [2.24, 2.45) is 0 Å². The van der Waals surface area contributed by atoms with Gasteiger partial charge in [0.15, 0.2) is 0 Å². The van der Waals surface area contributed by atoms with Crippen LogP contribution in [-0.2, 0) is 0 Å². The summed E-state index contributed by atoms with van der Waals surface area (Å²) in [5.41, 5.74) is 6.83. The van der Waals surface area contributed by atoms with Gasteiger partial charge in [-0.3, -0.25) is 10.2 Å². The first-order valence-corrected chi connectivity index (χ1v) is 11.1. The highest BCUT2D eigenvalue weighted by Crippen LogP contribution is 2.35. The quantitative estimate of drug-likeness (QED) is 0.547. The molecule has 3 aromatic carbocycles. The van der Waals surface area contributed by atoms with E-state index in [4.69, 9.17) is 23.2 Å². The molecule has 31 heavy (non-hydrogen) atoms. The molecule has 160 valence electrons. The first-order chi connectivity index (χ1) is 15.0. The first-order valence-electron chi connectivity index (χ1n) is 10.4. The molecule has 1 saturated heterocycles. The van der Waals surface area contributed by atoms with E-state index in [1.54, 1.807) is 0 Å². The Morgan fingerprint density at radius 2 is 1.32 bits per heavy atom. The third-order valence-corrected chi connectivity index (χ3v) is 6.19. The second-order valence-corrected chi connectivity index (χ2v) is 8.73. The molecule has 1 aliphatic rings. The lowest BCUT2D eigenvalue weighted by Crippen LogP contribution is -2.52. The lowest BCUT2D eigenvalue weighted by Gasteiger charge is -2.32. The average molecular weight is 454 g/mol. The smallest absolute Gasteiger partial charge is 0.265 e. The minimum Gasteiger partial charge on any atom is -0.304 e. The summed E-state index contributed by atoms with van der Waals surface area (Å²) in [4.78, 5) is 15.5. The zero-order valence-corrected chi connectivity index (χ0v) is 18.9. The van der Waals surface area contributed by atoms with Crippen molar-refractivity contribution >= 4 is 29.1 Å². The summed E-state index contributed by atoms with van der Waals surface area (Å²) in [7, 11) is 2.09. The minimum absolute atomic E-state index is 0.0897. The number of halogens is 2. The number of carbonyl (C=O) groups excluding carboxylic acids is 1. The summed E-state index contributed by atoms with van der Waals surface area (Å²) in [6.45, 7) is 3.48. The Morgan fingerprint density at radius 3 is 1.87 bits per heavy atom. The Balaban J connectivity index is 1.71. The van der Waals surface area contributed by atoms with E-state index in [9.17, 15) is 4.79 Å². The van der Waals surface area contributed by atoms with Gasteiger partial charge in [-0.05, 0) is 54.1 Å². The van der Waals surface area contributed by atoms with E-state index < -0.39 is 0 Å². The van der Waals surface area contributed by atoms with Crippen LogP contribution < -0.4 is 5.43 Å². The maximum absolute atomic E-state index is 13.3. The predicted molar refractivity (Wildman–Crippen MR) is 127 cm³/mol. The van der Waals surface area contributed by atoms with Gasteiger partial charge in [0, 0.05) is 47.7 Å². The van der Waals surface area contributed by atoms with E-state index in [1.807, 2.05) is 77.8 Å². The van der Waals surface area contributed by atoms with Crippen molar-refractivity contribution in [3.05, 3.63) is 105 Å². The normalized spacial score (nSPS) is 15.2. The van der Waals surface area contributed by atoms with Crippen LogP contribution in [0.25, 0.3) is 0 Å². The molecule has 0 atom stereocenters. The first kappa shape index (κ1) is 21.8. The van der Waals surface area contributed by atoms with Crippen molar-refractivity contribution in [1.82, 2.24) is 15.3 Å². The van der Waals surface area contributed by atoms with E-state index in [0.29, 0.717) is 15.6 Å². The zero-order valence-electron chi connectivity index (χ0n) is 17.4. The van der Waals surface area contributed by atoms with E-state index in [2.05, 4.69) is 17.4 Å². The van der Waals surface area contributed by atoms with Gasteiger partial charge in [-0.15, -0.1) is 0 Å². The number of hydrogen-bond acceptors (Lipinski definition) is 3. The van der Waals surface area contributed by atoms with E-state index in [0.717, 1.165) is 42.9 Å². The molecule has 0 radical (unpaired) electrons. The molecule has 0 bridgehead atoms. The van der Waals surface area contributed by atoms with Crippen LogP contribution in [0.5, 0.6) is 0 Å². The lowest BCUT2D eigenvalue weighted by atomic mass is 9.83. The fourth-order valence-electron chi connectivity index (χ4n) is 3.94. The third kappa shape index (κ3) is 5.28. The molecule has 1 amide bonds. The van der Waals surface area contributed by atoms with Gasteiger partial charge in [0.25, 0.3) is 5.91 Å². The fraction of sp³-hybridized carbons (Fsp3) is 0.240. The number of nitrogens with zero attached hydrogens (tertiary/aromatic N) is 2. The van der Waals surface area contributed by atoms with Crippen LogP contribution in [0.15, 0.2) is 72.8 Å². The maximum atomic E-state index is 13.3. The van der Waals surface area contributed by atoms with Crippen LogP contribution in [0.2, 0.25) is 10.0 Å². The molecule has 4 rings (SSSR count). The summed E-state index contributed by atoms with van der Waals surface area (Å²) in [6.07, 6.45) is 0. The van der Waals surface area contributed by atoms with Crippen LogP contribution in [0, 0.1) is 0 Å². The van der Waals surface area contributed by atoms with E-state index >= 15 is 0 Å². The Kier molecular flexibility index (Phi) is 6.93. The largest absolute Gasteiger partial charge is 0.304 e. The zero-order chi connectivity index (χ0) is 21.8. The van der Waals surface area contributed by atoms with Gasteiger partial charge < -0.3 is 4.90 Å². The van der Waals surface area contributed by atoms with Gasteiger partial charge in [-0.25, -0.2) is 5.01 Å². The molecular formula is C25H25Cl2N3O. The van der Waals surface area contributed by atoms with Gasteiger partial charge in [0.05, 0.1) is 0 Å². The SMILES string of the molecule is CN1CCN(NC(=O)c2ccccc2C(c2ccc(Cl)cc2)c2ccc(Cl)cc2)CC1. The van der Waals surface area contributed by atoms with Gasteiger partial charge in [-0.1, -0.05) is 65.7 Å². The Morgan fingerprint density at radius 1 is 0.806 bits per heavy atom. The Labute approximate surface area is 193 Å². The number of amides is 1. The van der Waals surface area contributed by atoms with Crippen LogP contribution >= 0.6 is 23.2 Å². The highest BCUT2D eigenvalue weighted by Gasteiger charge is 2.24. The van der Waals surface area contributed by atoms with E-state index in [-0.39, 0.29) is 11.8 Å². The van der Waals surface area contributed by atoms with Gasteiger partial charge >= 0.3 is 0 Å². The number of hydrogen-bond donors (Lipinski definition) is 1. The highest BCUT2D eigenvalue weighted by atomic mass is 35.5. The van der Waals surface area contributed by atoms with E-state index in [1.165, 1.54) is 0 Å². The summed E-state index contributed by atoms with van der Waals surface area (Å²) in [5.74, 6) is -0.211. The molecule has 0 unspecified atom stereocenters. The fourth-order valence-corrected chi connectivity index (χ4v) is 4.19. The maximum Gasteiger partial charge on any atom is 0.265 e. The second-order valence-electron chi connectivity index (χ2n) is 7.85. The number of hydrazine groups is 1. The summed E-state index contributed by atoms with van der Waals surface area (Å²) < 4.78 is 0. The van der Waals surface area contributed by atoms with Crippen molar-refractivity contribution in [2.75, 3.05) is 33.2 Å². The molecule has 6 heteroatoms. The molecule has 1 fully saturated rings. The highest BCUT2D eigenvalue weighted by molar-refractivity contribution is 6.30. The van der Waals surface area contributed by atoms with Crippen LogP contribution in [-0.4, -0.2) is 49.0 Å². The van der Waals surface area contributed by atoms with Crippen molar-refractivity contribution in [1.29, 1.82) is 0 Å². The molecular weight excluding hydrogens is 429 g/mol. The number of benzene rings is 3. The van der Waals surface area contributed by atoms with Crippen LogP contribution in [0.4, 0.5) is 0 Å². The topological polar surface area (TPSA) is 35.6 Å². The average Bonchev–Trinajstić information content (AvgIpc) is 2.78. The van der Waals surface area contributed by atoms with Crippen LogP contribution in [0.1, 0.15) is 33.0 Å².